The first-order chi connectivity index (χ1) is 16.8. The number of aryl methyl sites for hydroxylation is 1. The van der Waals surface area contributed by atoms with Crippen molar-refractivity contribution in [2.75, 3.05) is 18.0 Å². The number of hydrogen-bond acceptors (Lipinski definition) is 4. The summed E-state index contributed by atoms with van der Waals surface area (Å²) >= 11 is 0. The van der Waals surface area contributed by atoms with Gasteiger partial charge in [-0.05, 0) is 49.8 Å². The normalized spacial score (nSPS) is 19.0. The molecule has 3 heterocycles. The van der Waals surface area contributed by atoms with Crippen molar-refractivity contribution in [2.24, 2.45) is 11.3 Å². The SMILES string of the molecule is Cc1nc2cc(-c3ccc(C(F)(F)F)cc3F)nn2c(N2CCCC(C(=O)O)(C(C)C)C2)c1C(C)C. The molecule has 0 saturated carbocycles. The molecule has 6 nitrogen and oxygen atoms in total. The second-order valence-corrected chi connectivity index (χ2v) is 10.2. The average Bonchev–Trinajstić information content (AvgIpc) is 3.20. The summed E-state index contributed by atoms with van der Waals surface area (Å²) < 4.78 is 55.4. The minimum Gasteiger partial charge on any atom is -0.481 e. The van der Waals surface area contributed by atoms with E-state index in [2.05, 4.69) is 10.1 Å². The topological polar surface area (TPSA) is 70.7 Å². The predicted octanol–water partition coefficient (Wildman–Crippen LogP) is 6.31. The lowest BCUT2D eigenvalue weighted by Crippen LogP contribution is -2.51. The molecule has 0 amide bonds. The van der Waals surface area contributed by atoms with Crippen LogP contribution in [-0.2, 0) is 11.0 Å². The summed E-state index contributed by atoms with van der Waals surface area (Å²) in [4.78, 5) is 19.1. The number of aromatic nitrogens is 3. The molecule has 1 N–H and O–H groups in total. The Morgan fingerprint density at radius 3 is 2.42 bits per heavy atom. The zero-order valence-electron chi connectivity index (χ0n) is 20.9. The van der Waals surface area contributed by atoms with Crippen molar-refractivity contribution < 1.29 is 27.5 Å². The molecule has 1 atom stereocenters. The molecule has 1 saturated heterocycles. The summed E-state index contributed by atoms with van der Waals surface area (Å²) in [6, 6.07) is 3.91. The molecule has 1 aliphatic heterocycles. The first-order valence-corrected chi connectivity index (χ1v) is 12.0. The quantitative estimate of drug-likeness (QED) is 0.411. The fourth-order valence-electron chi connectivity index (χ4n) is 5.28. The fraction of sp³-hybridized carbons (Fsp3) is 0.500. The Bertz CT molecular complexity index is 1320. The number of aliphatic carboxylic acids is 1. The van der Waals surface area contributed by atoms with Gasteiger partial charge in [-0.2, -0.15) is 22.8 Å². The summed E-state index contributed by atoms with van der Waals surface area (Å²) in [7, 11) is 0. The number of hydrogen-bond donors (Lipinski definition) is 1. The molecule has 0 bridgehead atoms. The van der Waals surface area contributed by atoms with Crippen molar-refractivity contribution in [2.45, 2.75) is 59.6 Å². The molecule has 0 radical (unpaired) electrons. The van der Waals surface area contributed by atoms with Gasteiger partial charge in [0, 0.05) is 36.0 Å². The van der Waals surface area contributed by atoms with E-state index in [-0.39, 0.29) is 29.6 Å². The molecular weight excluding hydrogens is 476 g/mol. The number of rotatable bonds is 5. The molecular formula is C26H30F4N4O2. The zero-order chi connectivity index (χ0) is 26.6. The molecule has 10 heteroatoms. The van der Waals surface area contributed by atoms with Gasteiger partial charge in [0.25, 0.3) is 0 Å². The number of halogens is 4. The molecule has 3 aromatic rings. The summed E-state index contributed by atoms with van der Waals surface area (Å²) in [6.45, 7) is 10.6. The number of anilines is 1. The van der Waals surface area contributed by atoms with E-state index in [0.717, 1.165) is 23.4 Å². The van der Waals surface area contributed by atoms with E-state index >= 15 is 0 Å². The van der Waals surface area contributed by atoms with Crippen molar-refractivity contribution in [3.8, 4) is 11.3 Å². The third-order valence-corrected chi connectivity index (χ3v) is 7.31. The van der Waals surface area contributed by atoms with Gasteiger partial charge in [-0.25, -0.2) is 9.37 Å². The zero-order valence-corrected chi connectivity index (χ0v) is 20.9. The largest absolute Gasteiger partial charge is 0.481 e. The Hall–Kier alpha value is -3.17. The number of benzene rings is 1. The van der Waals surface area contributed by atoms with Gasteiger partial charge < -0.3 is 10.0 Å². The highest BCUT2D eigenvalue weighted by atomic mass is 19.4. The first-order valence-electron chi connectivity index (χ1n) is 12.0. The van der Waals surface area contributed by atoms with E-state index in [4.69, 9.17) is 0 Å². The molecule has 36 heavy (non-hydrogen) atoms. The molecule has 1 fully saturated rings. The highest BCUT2D eigenvalue weighted by Gasteiger charge is 2.46. The van der Waals surface area contributed by atoms with Gasteiger partial charge in [0.1, 0.15) is 11.6 Å². The minimum atomic E-state index is -4.66. The molecule has 1 aliphatic rings. The van der Waals surface area contributed by atoms with Crippen molar-refractivity contribution in [1.82, 2.24) is 14.6 Å². The number of carboxylic acids is 1. The molecule has 194 valence electrons. The van der Waals surface area contributed by atoms with Crippen LogP contribution in [0.2, 0.25) is 0 Å². The van der Waals surface area contributed by atoms with Crippen molar-refractivity contribution >= 4 is 17.4 Å². The van der Waals surface area contributed by atoms with E-state index in [1.807, 2.05) is 39.5 Å². The third kappa shape index (κ3) is 4.30. The lowest BCUT2D eigenvalue weighted by Gasteiger charge is -2.44. The van der Waals surface area contributed by atoms with Gasteiger partial charge in [-0.1, -0.05) is 27.7 Å². The standard InChI is InChI=1S/C26H30F4N4O2/c1-14(2)22-16(5)31-21-12-20(18-8-7-17(11-19(18)27)26(28,29)30)32-34(21)23(22)33-10-6-9-25(13-33,15(3)4)24(35)36/h7-8,11-12,14-15H,6,9-10,13H2,1-5H3,(H,35,36). The van der Waals surface area contributed by atoms with Crippen LogP contribution in [0.15, 0.2) is 24.3 Å². The van der Waals surface area contributed by atoms with E-state index < -0.39 is 28.9 Å². The monoisotopic (exact) mass is 506 g/mol. The molecule has 2 aromatic heterocycles. The van der Waals surface area contributed by atoms with Crippen LogP contribution in [0.25, 0.3) is 16.9 Å². The maximum Gasteiger partial charge on any atom is 0.416 e. The highest BCUT2D eigenvalue weighted by molar-refractivity contribution is 5.77. The second-order valence-electron chi connectivity index (χ2n) is 10.2. The minimum absolute atomic E-state index is 0.0348. The Morgan fingerprint density at radius 2 is 1.86 bits per heavy atom. The van der Waals surface area contributed by atoms with Crippen LogP contribution in [0.5, 0.6) is 0 Å². The Labute approximate surface area is 206 Å². The van der Waals surface area contributed by atoms with E-state index in [1.165, 1.54) is 0 Å². The number of carboxylic acid groups (broad SMARTS) is 1. The van der Waals surface area contributed by atoms with Crippen molar-refractivity contribution in [3.63, 3.8) is 0 Å². The van der Waals surface area contributed by atoms with E-state index in [1.54, 1.807) is 10.6 Å². The maximum atomic E-state index is 14.8. The van der Waals surface area contributed by atoms with Crippen molar-refractivity contribution in [1.29, 1.82) is 0 Å². The predicted molar refractivity (Wildman–Crippen MR) is 129 cm³/mol. The van der Waals surface area contributed by atoms with Crippen molar-refractivity contribution in [3.05, 3.63) is 46.9 Å². The summed E-state index contributed by atoms with van der Waals surface area (Å²) in [5.74, 6) is -1.25. The van der Waals surface area contributed by atoms with E-state index in [9.17, 15) is 27.5 Å². The Kier molecular flexibility index (Phi) is 6.51. The van der Waals surface area contributed by atoms with Gasteiger partial charge in [-0.3, -0.25) is 4.79 Å². The number of nitrogens with zero attached hydrogens (tertiary/aromatic N) is 4. The lowest BCUT2D eigenvalue weighted by molar-refractivity contribution is -0.152. The Balaban J connectivity index is 1.90. The van der Waals surface area contributed by atoms with Gasteiger partial charge in [-0.15, -0.1) is 0 Å². The van der Waals surface area contributed by atoms with Crippen LogP contribution in [0.3, 0.4) is 0 Å². The number of fused-ring (bicyclic) bond motifs is 1. The van der Waals surface area contributed by atoms with E-state index in [0.29, 0.717) is 36.9 Å². The van der Waals surface area contributed by atoms with Gasteiger partial charge >= 0.3 is 12.1 Å². The fourth-order valence-corrected chi connectivity index (χ4v) is 5.28. The van der Waals surface area contributed by atoms with Gasteiger partial charge in [0.15, 0.2) is 5.65 Å². The number of alkyl halides is 3. The van der Waals surface area contributed by atoms with Crippen LogP contribution in [0.1, 0.15) is 63.3 Å². The first kappa shape index (κ1) is 25.9. The van der Waals surface area contributed by atoms with Crippen LogP contribution < -0.4 is 4.90 Å². The van der Waals surface area contributed by atoms with Crippen LogP contribution in [0.4, 0.5) is 23.4 Å². The lowest BCUT2D eigenvalue weighted by atomic mass is 9.71. The maximum absolute atomic E-state index is 14.8. The summed E-state index contributed by atoms with van der Waals surface area (Å²) in [5, 5.41) is 14.7. The molecule has 0 spiro atoms. The third-order valence-electron chi connectivity index (χ3n) is 7.31. The Morgan fingerprint density at radius 1 is 1.17 bits per heavy atom. The average molecular weight is 507 g/mol. The van der Waals surface area contributed by atoms with Crippen LogP contribution in [0, 0.1) is 24.1 Å². The molecule has 4 rings (SSSR count). The second kappa shape index (κ2) is 9.05. The summed E-state index contributed by atoms with van der Waals surface area (Å²) in [5.41, 5.74) is 0.127. The molecule has 1 unspecified atom stereocenters. The number of carbonyl (C=O) groups is 1. The highest BCUT2D eigenvalue weighted by Crippen LogP contribution is 2.42. The van der Waals surface area contributed by atoms with Gasteiger partial charge in [0.2, 0.25) is 0 Å². The smallest absolute Gasteiger partial charge is 0.416 e. The summed E-state index contributed by atoms with van der Waals surface area (Å²) in [6.07, 6.45) is -3.42. The van der Waals surface area contributed by atoms with Crippen LogP contribution in [-0.4, -0.2) is 38.8 Å². The van der Waals surface area contributed by atoms with Crippen LogP contribution >= 0.6 is 0 Å². The number of piperidine rings is 1. The molecule has 1 aromatic carbocycles. The molecule has 0 aliphatic carbocycles. The van der Waals surface area contributed by atoms with Gasteiger partial charge in [0.05, 0.1) is 16.7 Å².